The highest BCUT2D eigenvalue weighted by Crippen LogP contribution is 2.33. The van der Waals surface area contributed by atoms with Gasteiger partial charge in [-0.3, -0.25) is 0 Å². The summed E-state index contributed by atoms with van der Waals surface area (Å²) in [6.45, 7) is 13.0. The van der Waals surface area contributed by atoms with Crippen LogP contribution in [0.2, 0.25) is 0 Å². The molecule has 104 valence electrons. The van der Waals surface area contributed by atoms with Crippen molar-refractivity contribution in [2.45, 2.75) is 60.8 Å². The largest absolute Gasteiger partial charge is 0.159 e. The number of rotatable bonds is 4. The predicted molar refractivity (Wildman–Crippen MR) is 82.5 cm³/mol. The van der Waals surface area contributed by atoms with Crippen LogP contribution < -0.4 is 0 Å². The van der Waals surface area contributed by atoms with E-state index < -0.39 is 0 Å². The molecule has 0 fully saturated rings. The Morgan fingerprint density at radius 3 is 1.63 bits per heavy atom. The van der Waals surface area contributed by atoms with Gasteiger partial charge in [-0.15, -0.1) is 0 Å². The summed E-state index contributed by atoms with van der Waals surface area (Å²) in [6, 6.07) is 0. The molecular weight excluding hydrogens is 236 g/mol. The van der Waals surface area contributed by atoms with Crippen molar-refractivity contribution in [2.24, 2.45) is 31.2 Å². The molecule has 0 aromatic carbocycles. The monoisotopic (exact) mass is 260 g/mol. The van der Waals surface area contributed by atoms with E-state index in [1.807, 2.05) is 6.92 Å². The summed E-state index contributed by atoms with van der Waals surface area (Å²) in [7, 11) is 0. The highest BCUT2D eigenvalue weighted by Gasteiger charge is 2.37. The van der Waals surface area contributed by atoms with Gasteiger partial charge < -0.3 is 0 Å². The minimum absolute atomic E-state index is 0.00223. The summed E-state index contributed by atoms with van der Waals surface area (Å²) in [5.41, 5.74) is 4.62. The first-order valence-electron chi connectivity index (χ1n) is 7.06. The zero-order chi connectivity index (χ0) is 14.3. The second-order valence-electron chi connectivity index (χ2n) is 6.43. The average molecular weight is 260 g/mol. The molecule has 19 heavy (non-hydrogen) atoms. The van der Waals surface area contributed by atoms with Crippen molar-refractivity contribution >= 4 is 22.8 Å². The summed E-state index contributed by atoms with van der Waals surface area (Å²) >= 11 is 0. The van der Waals surface area contributed by atoms with Gasteiger partial charge in [0, 0.05) is 16.5 Å². The maximum atomic E-state index is 4.38. The summed E-state index contributed by atoms with van der Waals surface area (Å²) < 4.78 is 0. The quantitative estimate of drug-likeness (QED) is 0.737. The Kier molecular flexibility index (Phi) is 3.45. The van der Waals surface area contributed by atoms with Gasteiger partial charge in [-0.05, 0) is 53.9 Å². The normalized spacial score (nSPS) is 23.9. The Morgan fingerprint density at radius 2 is 1.21 bits per heavy atom. The maximum Gasteiger partial charge on any atom is 0.0522 e. The Balaban J connectivity index is 2.00. The zero-order valence-corrected chi connectivity index (χ0v) is 12.9. The van der Waals surface area contributed by atoms with E-state index in [0.717, 1.165) is 30.7 Å². The molecule has 0 amide bonds. The molecule has 0 aliphatic carbocycles. The van der Waals surface area contributed by atoms with Gasteiger partial charge in [0.1, 0.15) is 0 Å². The first kappa shape index (κ1) is 14.1. The third kappa shape index (κ3) is 2.28. The fourth-order valence-corrected chi connectivity index (χ4v) is 2.61. The van der Waals surface area contributed by atoms with Crippen molar-refractivity contribution in [3.63, 3.8) is 0 Å². The fourth-order valence-electron chi connectivity index (χ4n) is 2.61. The summed E-state index contributed by atoms with van der Waals surface area (Å²) in [5, 5.41) is 17.3. The van der Waals surface area contributed by atoms with E-state index >= 15 is 0 Å². The molecule has 2 aliphatic heterocycles. The van der Waals surface area contributed by atoms with Gasteiger partial charge in [0.25, 0.3) is 0 Å². The molecule has 0 spiro atoms. The molecule has 0 saturated carbocycles. The third-order valence-corrected chi connectivity index (χ3v) is 4.61. The highest BCUT2D eigenvalue weighted by atomic mass is 15.3. The van der Waals surface area contributed by atoms with Crippen LogP contribution in [-0.2, 0) is 0 Å². The lowest BCUT2D eigenvalue weighted by Crippen LogP contribution is -2.32. The van der Waals surface area contributed by atoms with Gasteiger partial charge in [-0.1, -0.05) is 6.92 Å². The van der Waals surface area contributed by atoms with Crippen LogP contribution in [0.25, 0.3) is 0 Å². The second kappa shape index (κ2) is 4.66. The third-order valence-electron chi connectivity index (χ3n) is 4.61. The minimum atomic E-state index is -0.00223. The summed E-state index contributed by atoms with van der Waals surface area (Å²) in [5.74, 6) is 0. The average Bonchev–Trinajstić information content (AvgIpc) is 2.75. The first-order chi connectivity index (χ1) is 8.80. The van der Waals surface area contributed by atoms with Gasteiger partial charge in [0.2, 0.25) is 0 Å². The van der Waals surface area contributed by atoms with Gasteiger partial charge >= 0.3 is 0 Å². The molecule has 0 radical (unpaired) electrons. The molecule has 0 bridgehead atoms. The van der Waals surface area contributed by atoms with Gasteiger partial charge in [-0.25, -0.2) is 0 Å². The molecular formula is C15H24N4. The summed E-state index contributed by atoms with van der Waals surface area (Å²) in [6.07, 6.45) is 2.81. The Bertz CT molecular complexity index is 504. The van der Waals surface area contributed by atoms with Crippen LogP contribution in [0, 0.1) is 10.8 Å². The van der Waals surface area contributed by atoms with Crippen molar-refractivity contribution < 1.29 is 0 Å². The van der Waals surface area contributed by atoms with E-state index in [-0.39, 0.29) is 10.8 Å². The van der Waals surface area contributed by atoms with Crippen LogP contribution in [0.1, 0.15) is 60.8 Å². The molecule has 2 rings (SSSR count). The van der Waals surface area contributed by atoms with Gasteiger partial charge in [-0.2, -0.15) is 20.4 Å². The SMILES string of the molecule is CCC1=NN=C(CCC2=NN=C(C)C2(C)C)C1(C)C. The van der Waals surface area contributed by atoms with Crippen molar-refractivity contribution in [3.05, 3.63) is 0 Å². The lowest BCUT2D eigenvalue weighted by molar-refractivity contribution is 0.693. The Morgan fingerprint density at radius 1 is 0.737 bits per heavy atom. The molecule has 0 aromatic heterocycles. The van der Waals surface area contributed by atoms with E-state index in [2.05, 4.69) is 55.0 Å². The predicted octanol–water partition coefficient (Wildman–Crippen LogP) is 3.87. The topological polar surface area (TPSA) is 49.4 Å². The van der Waals surface area contributed by atoms with Gasteiger partial charge in [0.05, 0.1) is 17.1 Å². The Hall–Kier alpha value is -1.32. The van der Waals surface area contributed by atoms with Crippen LogP contribution in [0.4, 0.5) is 0 Å². The first-order valence-corrected chi connectivity index (χ1v) is 7.06. The molecule has 0 saturated heterocycles. The molecule has 0 unspecified atom stereocenters. The smallest absolute Gasteiger partial charge is 0.0522 e. The van der Waals surface area contributed by atoms with E-state index in [4.69, 9.17) is 0 Å². The molecule has 0 N–H and O–H groups in total. The van der Waals surface area contributed by atoms with Crippen LogP contribution >= 0.6 is 0 Å². The molecule has 0 aromatic rings. The maximum absolute atomic E-state index is 4.38. The minimum Gasteiger partial charge on any atom is -0.159 e. The number of nitrogens with zero attached hydrogens (tertiary/aromatic N) is 4. The lowest BCUT2D eigenvalue weighted by Gasteiger charge is -2.24. The molecule has 0 atom stereocenters. The molecule has 4 heteroatoms. The standard InChI is InChI=1S/C15H24N4/c1-7-11-15(5,6)13(19-17-11)9-8-12-14(3,4)10(2)16-18-12/h7-9H2,1-6H3. The summed E-state index contributed by atoms with van der Waals surface area (Å²) in [4.78, 5) is 0. The van der Waals surface area contributed by atoms with E-state index in [1.165, 1.54) is 11.4 Å². The molecule has 2 heterocycles. The van der Waals surface area contributed by atoms with Crippen molar-refractivity contribution in [2.75, 3.05) is 0 Å². The zero-order valence-electron chi connectivity index (χ0n) is 12.9. The van der Waals surface area contributed by atoms with E-state index in [0.29, 0.717) is 0 Å². The number of hydrogen-bond donors (Lipinski definition) is 0. The lowest BCUT2D eigenvalue weighted by atomic mass is 9.77. The fraction of sp³-hybridized carbons (Fsp3) is 0.733. The van der Waals surface area contributed by atoms with Crippen molar-refractivity contribution in [1.82, 2.24) is 0 Å². The molecule has 4 nitrogen and oxygen atoms in total. The number of hydrogen-bond acceptors (Lipinski definition) is 4. The van der Waals surface area contributed by atoms with Crippen molar-refractivity contribution in [1.29, 1.82) is 0 Å². The van der Waals surface area contributed by atoms with Crippen LogP contribution in [0.15, 0.2) is 20.4 Å². The Labute approximate surface area is 115 Å². The highest BCUT2D eigenvalue weighted by molar-refractivity contribution is 6.16. The molecule has 2 aliphatic rings. The second-order valence-corrected chi connectivity index (χ2v) is 6.43. The van der Waals surface area contributed by atoms with Crippen LogP contribution in [0.3, 0.4) is 0 Å². The van der Waals surface area contributed by atoms with E-state index in [9.17, 15) is 0 Å². The van der Waals surface area contributed by atoms with Crippen molar-refractivity contribution in [3.8, 4) is 0 Å². The van der Waals surface area contributed by atoms with Gasteiger partial charge in [0.15, 0.2) is 0 Å². The van der Waals surface area contributed by atoms with E-state index in [1.54, 1.807) is 0 Å². The van der Waals surface area contributed by atoms with Crippen LogP contribution in [-0.4, -0.2) is 22.8 Å². The van der Waals surface area contributed by atoms with Crippen LogP contribution in [0.5, 0.6) is 0 Å².